The van der Waals surface area contributed by atoms with Gasteiger partial charge in [0.15, 0.2) is 0 Å². The van der Waals surface area contributed by atoms with Crippen LogP contribution in [0.15, 0.2) is 36.4 Å². The first-order valence-electron chi connectivity index (χ1n) is 18.8. The third-order valence-electron chi connectivity index (χ3n) is 11.0. The van der Waals surface area contributed by atoms with E-state index in [9.17, 15) is 14.4 Å². The van der Waals surface area contributed by atoms with Gasteiger partial charge in [-0.15, -0.1) is 0 Å². The molecule has 276 valence electrons. The molecule has 2 N–H and O–H groups in total. The zero-order chi connectivity index (χ0) is 36.2. The predicted molar refractivity (Wildman–Crippen MR) is 196 cm³/mol. The number of carbonyl (C=O) groups excluding carboxylic acids is 3. The molecule has 5 atom stereocenters. The number of hydrogen-bond acceptors (Lipinski definition) is 7. The van der Waals surface area contributed by atoms with Crippen molar-refractivity contribution < 1.29 is 28.6 Å². The lowest BCUT2D eigenvalue weighted by Crippen LogP contribution is -2.51. The van der Waals surface area contributed by atoms with E-state index in [2.05, 4.69) is 72.4 Å². The largest absolute Gasteiger partial charge is 0.453 e. The number of H-pyrrole nitrogens is 1. The van der Waals surface area contributed by atoms with Crippen LogP contribution in [0.4, 0.5) is 4.79 Å². The molecule has 6 rings (SSSR count). The van der Waals surface area contributed by atoms with Crippen LogP contribution in [-0.4, -0.2) is 89.3 Å². The Morgan fingerprint density at radius 2 is 1.73 bits per heavy atom. The Bertz CT molecular complexity index is 1700. The van der Waals surface area contributed by atoms with Gasteiger partial charge in [0, 0.05) is 50.2 Å². The van der Waals surface area contributed by atoms with Crippen molar-refractivity contribution in [3.05, 3.63) is 53.5 Å². The summed E-state index contributed by atoms with van der Waals surface area (Å²) in [5, 5.41) is 5.00. The highest BCUT2D eigenvalue weighted by Gasteiger charge is 2.42. The average molecular weight is 702 g/mol. The van der Waals surface area contributed by atoms with Crippen LogP contribution in [0, 0.1) is 17.8 Å². The van der Waals surface area contributed by atoms with Gasteiger partial charge in [-0.1, -0.05) is 65.0 Å². The van der Waals surface area contributed by atoms with Crippen molar-refractivity contribution in [3.63, 3.8) is 0 Å². The lowest BCUT2D eigenvalue weighted by atomic mass is 9.95. The van der Waals surface area contributed by atoms with Crippen LogP contribution >= 0.6 is 0 Å². The minimum atomic E-state index is -0.749. The van der Waals surface area contributed by atoms with E-state index in [0.717, 1.165) is 66.4 Å². The number of nitrogens with zero attached hydrogens (tertiary/aromatic N) is 3. The molecule has 0 radical (unpaired) electrons. The van der Waals surface area contributed by atoms with Gasteiger partial charge in [0.1, 0.15) is 11.9 Å². The lowest BCUT2D eigenvalue weighted by molar-refractivity contribution is -0.137. The molecule has 0 spiro atoms. The lowest BCUT2D eigenvalue weighted by Gasteiger charge is -2.29. The molecule has 2 aromatic carbocycles. The van der Waals surface area contributed by atoms with Crippen molar-refractivity contribution in [3.8, 4) is 11.3 Å². The van der Waals surface area contributed by atoms with Crippen molar-refractivity contribution >= 4 is 28.7 Å². The fourth-order valence-electron chi connectivity index (χ4n) is 7.69. The summed E-state index contributed by atoms with van der Waals surface area (Å²) in [4.78, 5) is 52.0. The van der Waals surface area contributed by atoms with Crippen molar-refractivity contribution in [2.24, 2.45) is 17.8 Å². The van der Waals surface area contributed by atoms with Crippen LogP contribution < -0.4 is 5.32 Å². The van der Waals surface area contributed by atoms with Crippen molar-refractivity contribution in [1.82, 2.24) is 25.1 Å². The van der Waals surface area contributed by atoms with Gasteiger partial charge in [0.05, 0.1) is 37.3 Å². The number of ether oxygens (including phenoxy) is 3. The van der Waals surface area contributed by atoms with Gasteiger partial charge in [-0.25, -0.2) is 9.78 Å². The summed E-state index contributed by atoms with van der Waals surface area (Å²) in [7, 11) is 1.30. The number of aromatic nitrogens is 2. The number of fused-ring (bicyclic) bond motifs is 6. The van der Waals surface area contributed by atoms with Crippen LogP contribution in [0.2, 0.25) is 0 Å². The van der Waals surface area contributed by atoms with E-state index >= 15 is 0 Å². The van der Waals surface area contributed by atoms with E-state index in [1.807, 2.05) is 13.8 Å². The first-order valence-corrected chi connectivity index (χ1v) is 18.8. The van der Waals surface area contributed by atoms with Crippen molar-refractivity contribution in [1.29, 1.82) is 0 Å². The van der Waals surface area contributed by atoms with E-state index in [4.69, 9.17) is 19.2 Å². The third kappa shape index (κ3) is 8.25. The van der Waals surface area contributed by atoms with Gasteiger partial charge in [-0.05, 0) is 66.3 Å². The highest BCUT2D eigenvalue weighted by atomic mass is 16.5. The molecule has 51 heavy (non-hydrogen) atoms. The first kappa shape index (κ1) is 36.8. The number of likely N-dealkylation sites (tertiary alicyclic amines) is 2. The van der Waals surface area contributed by atoms with E-state index in [-0.39, 0.29) is 41.8 Å². The molecule has 3 aliphatic rings. The zero-order valence-electron chi connectivity index (χ0n) is 31.1. The Morgan fingerprint density at radius 1 is 0.961 bits per heavy atom. The third-order valence-corrected chi connectivity index (χ3v) is 11.0. The van der Waals surface area contributed by atoms with Crippen LogP contribution in [-0.2, 0) is 36.8 Å². The van der Waals surface area contributed by atoms with Gasteiger partial charge in [-0.3, -0.25) is 9.59 Å². The van der Waals surface area contributed by atoms with Crippen molar-refractivity contribution in [2.75, 3.05) is 33.4 Å². The summed E-state index contributed by atoms with van der Waals surface area (Å²) in [5.41, 5.74) is 3.90. The Kier molecular flexibility index (Phi) is 11.7. The monoisotopic (exact) mass is 701 g/mol. The number of nitrogens with one attached hydrogen (secondary N) is 2. The normalized spacial score (nSPS) is 22.4. The second kappa shape index (κ2) is 16.2. The summed E-state index contributed by atoms with van der Waals surface area (Å²) in [6.07, 6.45) is 4.50. The van der Waals surface area contributed by atoms with Gasteiger partial charge in [0.2, 0.25) is 11.8 Å². The second-order valence-electron chi connectivity index (χ2n) is 15.3. The summed E-state index contributed by atoms with van der Waals surface area (Å²) in [5.74, 6) is 0.986. The van der Waals surface area contributed by atoms with Gasteiger partial charge in [-0.2, -0.15) is 0 Å². The number of imidazole rings is 1. The Labute approximate surface area is 301 Å². The molecule has 2 fully saturated rings. The highest BCUT2D eigenvalue weighted by molar-refractivity contribution is 5.88. The van der Waals surface area contributed by atoms with Crippen LogP contribution in [0.3, 0.4) is 0 Å². The first-order chi connectivity index (χ1) is 24.5. The Morgan fingerprint density at radius 3 is 2.49 bits per heavy atom. The van der Waals surface area contributed by atoms with Crippen LogP contribution in [0.5, 0.6) is 0 Å². The topological polar surface area (TPSA) is 126 Å². The van der Waals surface area contributed by atoms with E-state index in [1.54, 1.807) is 4.90 Å². The molecule has 3 aliphatic heterocycles. The van der Waals surface area contributed by atoms with Gasteiger partial charge in [0.25, 0.3) is 0 Å². The Balaban J connectivity index is 1.27. The van der Waals surface area contributed by atoms with Gasteiger partial charge >= 0.3 is 6.09 Å². The molecule has 0 unspecified atom stereocenters. The molecule has 11 heteroatoms. The average Bonchev–Trinajstić information content (AvgIpc) is 3.87. The van der Waals surface area contributed by atoms with Crippen molar-refractivity contribution in [2.45, 2.75) is 104 Å². The number of alkyl carbamates (subject to hydrolysis) is 1. The molecule has 4 heterocycles. The molecular formula is C40H55N5O6. The molecule has 0 aliphatic carbocycles. The second-order valence-corrected chi connectivity index (χ2v) is 15.3. The number of amides is 3. The molecule has 2 saturated heterocycles. The number of aromatic amines is 1. The predicted octanol–water partition coefficient (Wildman–Crippen LogP) is 6.41. The SMILES string of the molecule is COC(=O)N[C@H](C(=O)N1C[C@@H]2C[C@H]1c1nc(c(-c3ccc4cc(C[C@@H]5CCCN5C(=O)[C@@H](C)C(C)C)ccc4c3)[nH]1)COCCCCO2)C(C)C. The summed E-state index contributed by atoms with van der Waals surface area (Å²) < 4.78 is 17.2. The van der Waals surface area contributed by atoms with Crippen LogP contribution in [0.1, 0.15) is 89.8 Å². The van der Waals surface area contributed by atoms with E-state index in [1.165, 1.54) is 12.7 Å². The summed E-state index contributed by atoms with van der Waals surface area (Å²) in [6.45, 7) is 12.9. The number of methoxy groups -OCH3 is 1. The molecule has 0 saturated carbocycles. The van der Waals surface area contributed by atoms with Crippen LogP contribution in [0.25, 0.3) is 22.0 Å². The molecule has 4 bridgehead atoms. The molecule has 3 aromatic rings. The maximum absolute atomic E-state index is 14.0. The van der Waals surface area contributed by atoms with Gasteiger partial charge < -0.3 is 34.3 Å². The molecular weight excluding hydrogens is 646 g/mol. The number of benzene rings is 2. The fraction of sp³-hybridized carbons (Fsp3) is 0.600. The Hall–Kier alpha value is -3.96. The molecule has 11 nitrogen and oxygen atoms in total. The standard InChI is InChI=1S/C40H55N5O6/c1-24(2)26(5)38(46)44-15-9-10-31(44)19-27-11-12-29-20-30(14-13-28(29)18-27)36-33-23-50-16-7-8-17-51-32-21-34(37(41-33)42-36)45(22-32)39(47)35(25(3)4)43-40(48)49-6/h11-14,18,20,24-26,31-32,34-35H,7-10,15-17,19,21-23H2,1-6H3,(H,41,42)(H,43,48)/t26-,31-,32-,34-,35-/m0/s1. The minimum Gasteiger partial charge on any atom is -0.453 e. The highest BCUT2D eigenvalue weighted by Crippen LogP contribution is 2.37. The summed E-state index contributed by atoms with van der Waals surface area (Å²) >= 11 is 0. The maximum atomic E-state index is 14.0. The van der Waals surface area contributed by atoms with E-state index in [0.29, 0.717) is 44.5 Å². The van der Waals surface area contributed by atoms with E-state index < -0.39 is 12.1 Å². The quantitative estimate of drug-likeness (QED) is 0.278. The molecule has 3 amide bonds. The number of hydrogen-bond donors (Lipinski definition) is 2. The minimum absolute atomic E-state index is 0.0308. The number of rotatable bonds is 8. The summed E-state index contributed by atoms with van der Waals surface area (Å²) in [6, 6.07) is 12.2. The molecule has 1 aromatic heterocycles. The number of carbonyl (C=O) groups is 3. The zero-order valence-corrected chi connectivity index (χ0v) is 31.1. The smallest absolute Gasteiger partial charge is 0.407 e. The fourth-order valence-corrected chi connectivity index (χ4v) is 7.69. The maximum Gasteiger partial charge on any atom is 0.407 e.